The lowest BCUT2D eigenvalue weighted by molar-refractivity contribution is -0.121. The number of hydrogen-bond acceptors (Lipinski definition) is 5. The summed E-state index contributed by atoms with van der Waals surface area (Å²) < 4.78 is 5.26. The number of carbonyl (C=O) groups excluding carboxylic acids is 1. The number of aliphatic hydroxyl groups is 1. The smallest absolute Gasteiger partial charge is 0.227 e. The zero-order valence-corrected chi connectivity index (χ0v) is 13.7. The number of hydrogen-bond donors (Lipinski definition) is 2. The van der Waals surface area contributed by atoms with E-state index in [4.69, 9.17) is 4.52 Å². The molecule has 2 saturated carbocycles. The van der Waals surface area contributed by atoms with Crippen molar-refractivity contribution in [1.29, 1.82) is 0 Å². The monoisotopic (exact) mass is 321 g/mol. The van der Waals surface area contributed by atoms with Gasteiger partial charge in [0.15, 0.2) is 5.82 Å². The van der Waals surface area contributed by atoms with Crippen LogP contribution in [0.15, 0.2) is 4.52 Å². The molecule has 2 fully saturated rings. The van der Waals surface area contributed by atoms with Gasteiger partial charge in [0.25, 0.3) is 0 Å². The highest BCUT2D eigenvalue weighted by Crippen LogP contribution is 2.32. The topological polar surface area (TPSA) is 88.2 Å². The summed E-state index contributed by atoms with van der Waals surface area (Å²) in [5, 5.41) is 16.7. The second-order valence-corrected chi connectivity index (χ2v) is 7.02. The number of aromatic nitrogens is 2. The van der Waals surface area contributed by atoms with Crippen molar-refractivity contribution in [2.75, 3.05) is 6.54 Å². The summed E-state index contributed by atoms with van der Waals surface area (Å²) in [7, 11) is 0. The third-order valence-corrected chi connectivity index (χ3v) is 5.11. The van der Waals surface area contributed by atoms with E-state index in [2.05, 4.69) is 15.5 Å². The van der Waals surface area contributed by atoms with Crippen LogP contribution in [-0.4, -0.2) is 33.8 Å². The Hall–Kier alpha value is -1.43. The summed E-state index contributed by atoms with van der Waals surface area (Å²) >= 11 is 0. The zero-order valence-electron chi connectivity index (χ0n) is 13.7. The van der Waals surface area contributed by atoms with Crippen LogP contribution in [0.1, 0.15) is 75.4 Å². The first kappa shape index (κ1) is 16.4. The lowest BCUT2D eigenvalue weighted by Crippen LogP contribution is -2.33. The number of aryl methyl sites for hydroxylation is 1. The van der Waals surface area contributed by atoms with E-state index in [0.29, 0.717) is 37.1 Å². The number of carbonyl (C=O) groups is 1. The van der Waals surface area contributed by atoms with Crippen LogP contribution in [-0.2, 0) is 11.2 Å². The third kappa shape index (κ3) is 4.77. The highest BCUT2D eigenvalue weighted by atomic mass is 16.5. The van der Waals surface area contributed by atoms with Gasteiger partial charge in [-0.2, -0.15) is 4.98 Å². The molecule has 0 saturated heterocycles. The largest absolute Gasteiger partial charge is 0.393 e. The Labute approximate surface area is 137 Å². The van der Waals surface area contributed by atoms with E-state index in [1.54, 1.807) is 0 Å². The van der Waals surface area contributed by atoms with Crippen molar-refractivity contribution in [3.8, 4) is 0 Å². The van der Waals surface area contributed by atoms with Gasteiger partial charge in [-0.1, -0.05) is 24.4 Å². The predicted octanol–water partition coefficient (Wildman–Crippen LogP) is 2.33. The Morgan fingerprint density at radius 2 is 2.04 bits per heavy atom. The molecule has 2 aliphatic carbocycles. The highest BCUT2D eigenvalue weighted by molar-refractivity contribution is 5.75. The molecule has 2 aliphatic rings. The van der Waals surface area contributed by atoms with Crippen molar-refractivity contribution in [3.05, 3.63) is 11.7 Å². The second kappa shape index (κ2) is 7.90. The van der Waals surface area contributed by atoms with E-state index in [1.807, 2.05) is 0 Å². The van der Waals surface area contributed by atoms with Crippen LogP contribution in [0.25, 0.3) is 0 Å². The van der Waals surface area contributed by atoms with Crippen molar-refractivity contribution in [3.63, 3.8) is 0 Å². The molecule has 6 heteroatoms. The minimum Gasteiger partial charge on any atom is -0.393 e. The van der Waals surface area contributed by atoms with Gasteiger partial charge in [-0.05, 0) is 38.0 Å². The molecule has 1 amide bonds. The number of nitrogens with one attached hydrogen (secondary N) is 1. The fourth-order valence-corrected chi connectivity index (χ4v) is 3.73. The Morgan fingerprint density at radius 1 is 1.22 bits per heavy atom. The van der Waals surface area contributed by atoms with Crippen LogP contribution >= 0.6 is 0 Å². The molecule has 0 radical (unpaired) electrons. The summed E-state index contributed by atoms with van der Waals surface area (Å²) in [4.78, 5) is 16.4. The molecule has 0 bridgehead atoms. The zero-order chi connectivity index (χ0) is 16.1. The number of nitrogens with zero attached hydrogens (tertiary/aromatic N) is 2. The van der Waals surface area contributed by atoms with E-state index >= 15 is 0 Å². The average molecular weight is 321 g/mol. The minimum absolute atomic E-state index is 0.0191. The standard InChI is InChI=1S/C17H27N3O3/c21-14-7-3-4-12(10-14)11-18-15(22)8-9-16-19-17(20-23-16)13-5-1-2-6-13/h12-14,21H,1-11H2,(H,18,22). The SMILES string of the molecule is O=C(CCc1nc(C2CCCC2)no1)NCC1CCCC(O)C1. The van der Waals surface area contributed by atoms with Crippen molar-refractivity contribution in [2.45, 2.75) is 76.2 Å². The first-order valence-corrected chi connectivity index (χ1v) is 8.98. The van der Waals surface area contributed by atoms with Gasteiger partial charge < -0.3 is 14.9 Å². The first-order valence-electron chi connectivity index (χ1n) is 8.98. The van der Waals surface area contributed by atoms with Crippen LogP contribution < -0.4 is 5.32 Å². The molecule has 6 nitrogen and oxygen atoms in total. The van der Waals surface area contributed by atoms with Gasteiger partial charge in [0.1, 0.15) is 0 Å². The molecule has 0 spiro atoms. The van der Waals surface area contributed by atoms with Gasteiger partial charge in [0, 0.05) is 25.3 Å². The molecular weight excluding hydrogens is 294 g/mol. The minimum atomic E-state index is -0.196. The van der Waals surface area contributed by atoms with E-state index in [0.717, 1.165) is 44.3 Å². The number of amides is 1. The van der Waals surface area contributed by atoms with Gasteiger partial charge in [0.05, 0.1) is 6.10 Å². The predicted molar refractivity (Wildman–Crippen MR) is 84.8 cm³/mol. The second-order valence-electron chi connectivity index (χ2n) is 7.02. The summed E-state index contributed by atoms with van der Waals surface area (Å²) in [6.45, 7) is 0.660. The average Bonchev–Trinajstić information content (AvgIpc) is 3.22. The maximum Gasteiger partial charge on any atom is 0.227 e. The molecule has 2 N–H and O–H groups in total. The summed E-state index contributed by atoms with van der Waals surface area (Å²) in [5.74, 6) is 2.24. The lowest BCUT2D eigenvalue weighted by atomic mass is 9.87. The van der Waals surface area contributed by atoms with Crippen LogP contribution in [0.4, 0.5) is 0 Å². The maximum absolute atomic E-state index is 11.9. The normalized spacial score (nSPS) is 25.6. The molecule has 0 aromatic carbocycles. The summed E-state index contributed by atoms with van der Waals surface area (Å²) in [5.41, 5.74) is 0. The van der Waals surface area contributed by atoms with Crippen LogP contribution in [0.3, 0.4) is 0 Å². The Balaban J connectivity index is 1.37. The maximum atomic E-state index is 11.9. The van der Waals surface area contributed by atoms with Crippen LogP contribution in [0.5, 0.6) is 0 Å². The van der Waals surface area contributed by atoms with E-state index in [-0.39, 0.29) is 12.0 Å². The highest BCUT2D eigenvalue weighted by Gasteiger charge is 2.23. The molecule has 0 aliphatic heterocycles. The lowest BCUT2D eigenvalue weighted by Gasteiger charge is -2.25. The van der Waals surface area contributed by atoms with Gasteiger partial charge in [0.2, 0.25) is 11.8 Å². The molecule has 2 unspecified atom stereocenters. The van der Waals surface area contributed by atoms with Gasteiger partial charge in [-0.25, -0.2) is 0 Å². The van der Waals surface area contributed by atoms with Gasteiger partial charge in [-0.15, -0.1) is 0 Å². The molecule has 1 aromatic rings. The van der Waals surface area contributed by atoms with Crippen molar-refractivity contribution < 1.29 is 14.4 Å². The Bertz CT molecular complexity index is 511. The molecule has 128 valence electrons. The Morgan fingerprint density at radius 3 is 2.83 bits per heavy atom. The summed E-state index contributed by atoms with van der Waals surface area (Å²) in [6, 6.07) is 0. The fourth-order valence-electron chi connectivity index (χ4n) is 3.73. The van der Waals surface area contributed by atoms with Crippen molar-refractivity contribution in [1.82, 2.24) is 15.5 Å². The van der Waals surface area contributed by atoms with Crippen molar-refractivity contribution >= 4 is 5.91 Å². The van der Waals surface area contributed by atoms with Crippen LogP contribution in [0, 0.1) is 5.92 Å². The molecule has 2 atom stereocenters. The third-order valence-electron chi connectivity index (χ3n) is 5.11. The number of rotatable bonds is 6. The van der Waals surface area contributed by atoms with E-state index in [1.165, 1.54) is 12.8 Å². The Kier molecular flexibility index (Phi) is 5.65. The fraction of sp³-hybridized carbons (Fsp3) is 0.824. The van der Waals surface area contributed by atoms with Gasteiger partial charge in [-0.3, -0.25) is 4.79 Å². The molecule has 1 heterocycles. The first-order chi connectivity index (χ1) is 11.2. The van der Waals surface area contributed by atoms with Crippen LogP contribution in [0.2, 0.25) is 0 Å². The van der Waals surface area contributed by atoms with E-state index in [9.17, 15) is 9.90 Å². The van der Waals surface area contributed by atoms with E-state index < -0.39 is 0 Å². The molecular formula is C17H27N3O3. The number of aliphatic hydroxyl groups excluding tert-OH is 1. The van der Waals surface area contributed by atoms with Gasteiger partial charge >= 0.3 is 0 Å². The van der Waals surface area contributed by atoms with Crippen molar-refractivity contribution in [2.24, 2.45) is 5.92 Å². The summed E-state index contributed by atoms with van der Waals surface area (Å²) in [6.07, 6.45) is 9.29. The molecule has 23 heavy (non-hydrogen) atoms. The quantitative estimate of drug-likeness (QED) is 0.839. The molecule has 1 aromatic heterocycles. The molecule has 3 rings (SSSR count).